The number of aliphatic carboxylic acids is 1. The van der Waals surface area contributed by atoms with E-state index in [2.05, 4.69) is 4.98 Å². The van der Waals surface area contributed by atoms with E-state index >= 15 is 0 Å². The lowest BCUT2D eigenvalue weighted by Crippen LogP contribution is -2.25. The van der Waals surface area contributed by atoms with Gasteiger partial charge in [-0.1, -0.05) is 11.3 Å². The van der Waals surface area contributed by atoms with Gasteiger partial charge in [0, 0.05) is 19.2 Å². The Balaban J connectivity index is 1.99. The van der Waals surface area contributed by atoms with Crippen molar-refractivity contribution in [3.63, 3.8) is 0 Å². The number of carbonyl (C=O) groups excluding carboxylic acids is 1. The molecule has 0 saturated carbocycles. The maximum Gasteiger partial charge on any atom is 0.308 e. The monoisotopic (exact) mass is 340 g/mol. The summed E-state index contributed by atoms with van der Waals surface area (Å²) >= 11 is 1.18. The third-order valence-corrected chi connectivity index (χ3v) is 5.63. The summed E-state index contributed by atoms with van der Waals surface area (Å²) < 4.78 is 23.8. The first-order chi connectivity index (χ1) is 10.3. The standard InChI is InChI=1S/C13H12N2O5S2/c1-22(19,20)8-2-3-9-10(5-8)21-13(14-9)15-6-7(12(17)18)4-11(15)16/h2-3,5,7H,4,6H2,1H3,(H,17,18)/t7-/m1/s1. The molecule has 0 spiro atoms. The van der Waals surface area contributed by atoms with Gasteiger partial charge in [0.25, 0.3) is 0 Å². The van der Waals surface area contributed by atoms with E-state index < -0.39 is 21.7 Å². The smallest absolute Gasteiger partial charge is 0.308 e. The maximum atomic E-state index is 11.9. The molecule has 0 unspecified atom stereocenters. The van der Waals surface area contributed by atoms with Gasteiger partial charge in [-0.2, -0.15) is 0 Å². The number of amides is 1. The Morgan fingerprint density at radius 3 is 2.77 bits per heavy atom. The van der Waals surface area contributed by atoms with E-state index in [-0.39, 0.29) is 23.8 Å². The molecule has 116 valence electrons. The summed E-state index contributed by atoms with van der Waals surface area (Å²) in [6.45, 7) is 0.0902. The molecule has 1 aliphatic heterocycles. The molecule has 1 aromatic heterocycles. The van der Waals surface area contributed by atoms with Gasteiger partial charge in [-0.15, -0.1) is 0 Å². The average Bonchev–Trinajstić information content (AvgIpc) is 2.99. The Morgan fingerprint density at radius 1 is 1.45 bits per heavy atom. The first kappa shape index (κ1) is 14.9. The number of carbonyl (C=O) groups is 2. The molecular weight excluding hydrogens is 328 g/mol. The molecule has 2 heterocycles. The van der Waals surface area contributed by atoms with Crippen LogP contribution in [0.3, 0.4) is 0 Å². The average molecular weight is 340 g/mol. The molecule has 2 aromatic rings. The van der Waals surface area contributed by atoms with Crippen LogP contribution in [0.5, 0.6) is 0 Å². The second-order valence-electron chi connectivity index (χ2n) is 5.14. The van der Waals surface area contributed by atoms with E-state index in [9.17, 15) is 18.0 Å². The van der Waals surface area contributed by atoms with Gasteiger partial charge in [0.1, 0.15) is 0 Å². The molecule has 1 fully saturated rings. The highest BCUT2D eigenvalue weighted by Crippen LogP contribution is 2.33. The molecule has 1 N–H and O–H groups in total. The Morgan fingerprint density at radius 2 is 2.18 bits per heavy atom. The predicted octanol–water partition coefficient (Wildman–Crippen LogP) is 1.14. The maximum absolute atomic E-state index is 11.9. The Bertz CT molecular complexity index is 887. The number of carboxylic acids is 1. The van der Waals surface area contributed by atoms with Crippen LogP contribution in [0.1, 0.15) is 6.42 Å². The van der Waals surface area contributed by atoms with Crippen LogP contribution < -0.4 is 4.90 Å². The third kappa shape index (κ3) is 2.57. The van der Waals surface area contributed by atoms with Crippen LogP contribution in [0.2, 0.25) is 0 Å². The van der Waals surface area contributed by atoms with Gasteiger partial charge >= 0.3 is 5.97 Å². The number of thiazole rings is 1. The van der Waals surface area contributed by atoms with Crippen molar-refractivity contribution in [2.24, 2.45) is 5.92 Å². The molecule has 1 amide bonds. The minimum Gasteiger partial charge on any atom is -0.481 e. The van der Waals surface area contributed by atoms with Crippen LogP contribution in [0, 0.1) is 5.92 Å². The van der Waals surface area contributed by atoms with Crippen LogP contribution >= 0.6 is 11.3 Å². The van der Waals surface area contributed by atoms with Gasteiger partial charge in [-0.05, 0) is 18.2 Å². The summed E-state index contributed by atoms with van der Waals surface area (Å²) in [5, 5.41) is 9.40. The highest BCUT2D eigenvalue weighted by atomic mass is 32.2. The molecular formula is C13H12N2O5S2. The van der Waals surface area contributed by atoms with Crippen molar-refractivity contribution in [2.45, 2.75) is 11.3 Å². The molecule has 0 aliphatic carbocycles. The number of nitrogens with zero attached hydrogens (tertiary/aromatic N) is 2. The van der Waals surface area contributed by atoms with Crippen molar-refractivity contribution in [1.82, 2.24) is 4.98 Å². The molecule has 1 saturated heterocycles. The van der Waals surface area contributed by atoms with Crippen molar-refractivity contribution >= 4 is 48.4 Å². The van der Waals surface area contributed by atoms with Gasteiger partial charge in [0.05, 0.1) is 21.0 Å². The Kier molecular flexibility index (Phi) is 3.41. The molecule has 3 rings (SSSR count). The molecule has 1 aliphatic rings. The summed E-state index contributed by atoms with van der Waals surface area (Å²) in [6.07, 6.45) is 1.08. The van der Waals surface area contributed by atoms with E-state index in [1.54, 1.807) is 6.07 Å². The fraction of sp³-hybridized carbons (Fsp3) is 0.308. The van der Waals surface area contributed by atoms with Crippen molar-refractivity contribution in [3.05, 3.63) is 18.2 Å². The van der Waals surface area contributed by atoms with Gasteiger partial charge in [-0.25, -0.2) is 13.4 Å². The van der Waals surface area contributed by atoms with Gasteiger partial charge in [0.2, 0.25) is 5.91 Å². The zero-order valence-corrected chi connectivity index (χ0v) is 13.1. The lowest BCUT2D eigenvalue weighted by atomic mass is 10.1. The number of carboxylic acid groups (broad SMARTS) is 1. The van der Waals surface area contributed by atoms with Crippen LogP contribution in [-0.2, 0) is 19.4 Å². The van der Waals surface area contributed by atoms with Crippen molar-refractivity contribution in [2.75, 3.05) is 17.7 Å². The summed E-state index contributed by atoms with van der Waals surface area (Å²) in [4.78, 5) is 28.7. The molecule has 7 nitrogen and oxygen atoms in total. The first-order valence-corrected chi connectivity index (χ1v) is 9.10. The van der Waals surface area contributed by atoms with E-state index in [0.717, 1.165) is 6.26 Å². The van der Waals surface area contributed by atoms with E-state index in [1.165, 1.54) is 28.4 Å². The zero-order valence-electron chi connectivity index (χ0n) is 11.5. The topological polar surface area (TPSA) is 105 Å². The SMILES string of the molecule is CS(=O)(=O)c1ccc2nc(N3C[C@H](C(=O)O)CC3=O)sc2c1. The van der Waals surface area contributed by atoms with Crippen molar-refractivity contribution in [1.29, 1.82) is 0 Å². The van der Waals surface area contributed by atoms with E-state index in [0.29, 0.717) is 15.3 Å². The number of hydrogen-bond donors (Lipinski definition) is 1. The Labute approximate surface area is 130 Å². The molecule has 0 bridgehead atoms. The fourth-order valence-electron chi connectivity index (χ4n) is 2.30. The number of anilines is 1. The quantitative estimate of drug-likeness (QED) is 0.898. The number of sulfone groups is 1. The normalized spacial score (nSPS) is 19.0. The van der Waals surface area contributed by atoms with Crippen LogP contribution in [-0.4, -0.2) is 43.2 Å². The molecule has 1 atom stereocenters. The summed E-state index contributed by atoms with van der Waals surface area (Å²) in [6, 6.07) is 4.56. The highest BCUT2D eigenvalue weighted by molar-refractivity contribution is 7.90. The number of benzene rings is 1. The number of aromatic nitrogens is 1. The summed E-state index contributed by atoms with van der Waals surface area (Å²) in [5.74, 6) is -2.02. The predicted molar refractivity (Wildman–Crippen MR) is 80.8 cm³/mol. The van der Waals surface area contributed by atoms with E-state index in [4.69, 9.17) is 5.11 Å². The van der Waals surface area contributed by atoms with Crippen LogP contribution in [0.4, 0.5) is 5.13 Å². The number of hydrogen-bond acceptors (Lipinski definition) is 6. The lowest BCUT2D eigenvalue weighted by molar-refractivity contribution is -0.141. The van der Waals surface area contributed by atoms with Crippen molar-refractivity contribution < 1.29 is 23.1 Å². The lowest BCUT2D eigenvalue weighted by Gasteiger charge is -2.10. The minimum atomic E-state index is -3.31. The molecule has 0 radical (unpaired) electrons. The third-order valence-electron chi connectivity index (χ3n) is 3.48. The zero-order chi connectivity index (χ0) is 16.1. The molecule has 22 heavy (non-hydrogen) atoms. The van der Waals surface area contributed by atoms with Gasteiger partial charge in [-0.3, -0.25) is 14.5 Å². The fourth-order valence-corrected chi connectivity index (χ4v) is 4.05. The van der Waals surface area contributed by atoms with Crippen molar-refractivity contribution in [3.8, 4) is 0 Å². The molecule has 9 heteroatoms. The first-order valence-electron chi connectivity index (χ1n) is 6.39. The summed E-state index contributed by atoms with van der Waals surface area (Å²) in [7, 11) is -3.31. The van der Waals surface area contributed by atoms with Gasteiger partial charge < -0.3 is 5.11 Å². The number of fused-ring (bicyclic) bond motifs is 1. The van der Waals surface area contributed by atoms with Gasteiger partial charge in [0.15, 0.2) is 15.0 Å². The van der Waals surface area contributed by atoms with Crippen LogP contribution in [0.15, 0.2) is 23.1 Å². The minimum absolute atomic E-state index is 0.0418. The number of rotatable bonds is 3. The molecule has 1 aromatic carbocycles. The largest absolute Gasteiger partial charge is 0.481 e. The van der Waals surface area contributed by atoms with Crippen LogP contribution in [0.25, 0.3) is 10.2 Å². The Hall–Kier alpha value is -2.00. The summed E-state index contributed by atoms with van der Waals surface area (Å²) in [5.41, 5.74) is 0.582. The second kappa shape index (κ2) is 5.03. The van der Waals surface area contributed by atoms with E-state index in [1.807, 2.05) is 0 Å². The highest BCUT2D eigenvalue weighted by Gasteiger charge is 2.36. The second-order valence-corrected chi connectivity index (χ2v) is 8.17.